The van der Waals surface area contributed by atoms with Gasteiger partial charge in [-0.2, -0.15) is 0 Å². The van der Waals surface area contributed by atoms with Crippen molar-refractivity contribution in [3.63, 3.8) is 0 Å². The van der Waals surface area contributed by atoms with Gasteiger partial charge in [-0.3, -0.25) is 9.59 Å². The zero-order valence-electron chi connectivity index (χ0n) is 22.1. The highest BCUT2D eigenvalue weighted by atomic mass is 16.5. The van der Waals surface area contributed by atoms with Crippen molar-refractivity contribution in [1.82, 2.24) is 20.2 Å². The molecule has 1 aliphatic rings. The zero-order valence-corrected chi connectivity index (χ0v) is 22.1. The van der Waals surface area contributed by atoms with Crippen molar-refractivity contribution in [1.29, 1.82) is 0 Å². The molecule has 0 radical (unpaired) electrons. The van der Waals surface area contributed by atoms with Gasteiger partial charge in [0.1, 0.15) is 0 Å². The van der Waals surface area contributed by atoms with Gasteiger partial charge in [-0.1, -0.05) is 40.7 Å². The Labute approximate surface area is 196 Å². The molecular formula is C24H48N4O4. The Balaban J connectivity index is 0. The van der Waals surface area contributed by atoms with Gasteiger partial charge in [0.2, 0.25) is 12.3 Å². The minimum Gasteiger partial charge on any atom is -0.463 e. The minimum atomic E-state index is -0.384. The zero-order chi connectivity index (χ0) is 25.3. The predicted octanol–water partition coefficient (Wildman–Crippen LogP) is 2.95. The summed E-state index contributed by atoms with van der Waals surface area (Å²) in [6.07, 6.45) is 4.93. The highest BCUT2D eigenvalue weighted by Gasteiger charge is 2.22. The summed E-state index contributed by atoms with van der Waals surface area (Å²) < 4.78 is 4.92. The van der Waals surface area contributed by atoms with Crippen LogP contribution >= 0.6 is 0 Å². The molecule has 8 heteroatoms. The van der Waals surface area contributed by atoms with E-state index in [0.29, 0.717) is 18.6 Å². The van der Waals surface area contributed by atoms with Crippen molar-refractivity contribution in [2.45, 2.75) is 67.3 Å². The first-order chi connectivity index (χ1) is 14.9. The summed E-state index contributed by atoms with van der Waals surface area (Å²) in [6, 6.07) is -0.236. The van der Waals surface area contributed by atoms with Crippen LogP contribution in [0.3, 0.4) is 0 Å². The number of nitrogens with one attached hydrogen (secondary N) is 1. The number of carbonyl (C=O) groups is 3. The molecule has 0 bridgehead atoms. The summed E-state index contributed by atoms with van der Waals surface area (Å²) in [6.45, 7) is 16.5. The first-order valence-corrected chi connectivity index (χ1v) is 11.6. The number of rotatable bonds is 8. The number of ether oxygens (including phenoxy) is 1. The highest BCUT2D eigenvalue weighted by Crippen LogP contribution is 2.14. The number of nitrogens with zero attached hydrogens (tertiary/aromatic N) is 3. The van der Waals surface area contributed by atoms with Crippen molar-refractivity contribution >= 4 is 18.3 Å². The fourth-order valence-electron chi connectivity index (χ4n) is 2.76. The summed E-state index contributed by atoms with van der Waals surface area (Å²) in [5.41, 5.74) is 0.466. The molecule has 0 aromatic rings. The molecule has 0 aliphatic carbocycles. The third-order valence-electron chi connectivity index (χ3n) is 4.67. The van der Waals surface area contributed by atoms with E-state index in [1.54, 1.807) is 27.0 Å². The molecule has 0 unspecified atom stereocenters. The molecule has 1 saturated heterocycles. The van der Waals surface area contributed by atoms with Crippen LogP contribution < -0.4 is 5.32 Å². The summed E-state index contributed by atoms with van der Waals surface area (Å²) in [7, 11) is 5.92. The molecule has 2 amide bonds. The fraction of sp³-hybridized carbons (Fsp3) is 0.792. The lowest BCUT2D eigenvalue weighted by molar-refractivity contribution is -0.138. The maximum Gasteiger partial charge on any atom is 0.333 e. The first-order valence-electron chi connectivity index (χ1n) is 11.6. The Kier molecular flexibility index (Phi) is 18.8. The van der Waals surface area contributed by atoms with E-state index < -0.39 is 0 Å². The normalized spacial score (nSPS) is 15.7. The minimum absolute atomic E-state index is 0.0600. The van der Waals surface area contributed by atoms with Gasteiger partial charge in [0.15, 0.2) is 0 Å². The Bertz CT molecular complexity index is 551. The molecule has 1 atom stereocenters. The van der Waals surface area contributed by atoms with Crippen molar-refractivity contribution in [3.8, 4) is 0 Å². The molecule has 1 N–H and O–H groups in total. The molecule has 1 rings (SSSR count). The topological polar surface area (TPSA) is 82.2 Å². The van der Waals surface area contributed by atoms with Gasteiger partial charge in [0, 0.05) is 39.8 Å². The van der Waals surface area contributed by atoms with E-state index in [1.165, 1.54) is 30.8 Å². The van der Waals surface area contributed by atoms with E-state index in [2.05, 4.69) is 50.2 Å². The van der Waals surface area contributed by atoms with Gasteiger partial charge in [0.25, 0.3) is 0 Å². The van der Waals surface area contributed by atoms with Crippen LogP contribution in [-0.4, -0.2) is 86.6 Å². The number of hydrogen-bond donors (Lipinski definition) is 1. The van der Waals surface area contributed by atoms with Crippen LogP contribution in [0.2, 0.25) is 0 Å². The van der Waals surface area contributed by atoms with Crippen molar-refractivity contribution in [2.24, 2.45) is 11.8 Å². The molecule has 1 fully saturated rings. The molecule has 0 aromatic carbocycles. The maximum absolute atomic E-state index is 11.9. The Morgan fingerprint density at radius 1 is 1.06 bits per heavy atom. The van der Waals surface area contributed by atoms with Gasteiger partial charge < -0.3 is 15.0 Å². The van der Waals surface area contributed by atoms with Crippen LogP contribution in [0.4, 0.5) is 0 Å². The highest BCUT2D eigenvalue weighted by molar-refractivity contribution is 5.88. The van der Waals surface area contributed by atoms with Crippen molar-refractivity contribution in [3.05, 3.63) is 11.6 Å². The fourth-order valence-corrected chi connectivity index (χ4v) is 2.76. The maximum atomic E-state index is 11.9. The largest absolute Gasteiger partial charge is 0.463 e. The number of amides is 2. The molecule has 1 heterocycles. The lowest BCUT2D eigenvalue weighted by Crippen LogP contribution is -2.43. The quantitative estimate of drug-likeness (QED) is 0.344. The molecule has 0 saturated carbocycles. The summed E-state index contributed by atoms with van der Waals surface area (Å²) in [5.74, 6) is 0.360. The number of carbonyl (C=O) groups excluding carboxylic acids is 3. The molecule has 1 aliphatic heterocycles. The van der Waals surface area contributed by atoms with E-state index >= 15 is 0 Å². The van der Waals surface area contributed by atoms with E-state index in [-0.39, 0.29) is 30.4 Å². The second kappa shape index (κ2) is 18.6. The number of hydrogen-bond acceptors (Lipinski definition) is 6. The summed E-state index contributed by atoms with van der Waals surface area (Å²) in [5, 5.41) is 6.87. The van der Waals surface area contributed by atoms with Crippen LogP contribution in [0.25, 0.3) is 0 Å². The molecule has 0 aromatic heterocycles. The average Bonchev–Trinajstić information content (AvgIpc) is 2.71. The van der Waals surface area contributed by atoms with Crippen LogP contribution in [0.15, 0.2) is 11.6 Å². The van der Waals surface area contributed by atoms with Gasteiger partial charge in [0.05, 0.1) is 19.2 Å². The number of likely N-dealkylation sites (N-methyl/N-ethyl adjacent to an activating group) is 1. The standard InChI is InChI=1S/C14H24N2O4.C6H14N2.C4H10/c1-6-20-14(19)11(4)7-12(10(2)3)16(5)13(18)8-15-9-17;1-7-5-3-4-6-8(7)2;1-4(2)3/h7,9-10,12H,6,8H2,1-5H3,(H,15,17);3-6H2,1-2H3;4H,1-3H3/b11-7+;;/t12-;;/m1../s1. The van der Waals surface area contributed by atoms with Crippen LogP contribution in [0, 0.1) is 11.8 Å². The van der Waals surface area contributed by atoms with E-state index in [4.69, 9.17) is 4.74 Å². The predicted molar refractivity (Wildman–Crippen MR) is 131 cm³/mol. The number of esters is 1. The molecule has 0 spiro atoms. The smallest absolute Gasteiger partial charge is 0.333 e. The van der Waals surface area contributed by atoms with Crippen LogP contribution in [-0.2, 0) is 19.1 Å². The van der Waals surface area contributed by atoms with Crippen LogP contribution in [0.1, 0.15) is 61.3 Å². The third-order valence-corrected chi connectivity index (χ3v) is 4.67. The summed E-state index contributed by atoms with van der Waals surface area (Å²) >= 11 is 0. The lowest BCUT2D eigenvalue weighted by atomic mass is 10.00. The second-order valence-electron chi connectivity index (χ2n) is 9.01. The molecular weight excluding hydrogens is 408 g/mol. The monoisotopic (exact) mass is 456 g/mol. The molecule has 188 valence electrons. The molecule has 32 heavy (non-hydrogen) atoms. The average molecular weight is 457 g/mol. The third kappa shape index (κ3) is 15.8. The van der Waals surface area contributed by atoms with Crippen LogP contribution in [0.5, 0.6) is 0 Å². The van der Waals surface area contributed by atoms with Gasteiger partial charge in [-0.25, -0.2) is 14.8 Å². The van der Waals surface area contributed by atoms with Gasteiger partial charge >= 0.3 is 5.97 Å². The SMILES string of the molecule is CC(C)C.CCOC(=O)/C(C)=C/[C@H](C(C)C)N(C)C(=O)CNC=O.CN1CCCCN1C. The van der Waals surface area contributed by atoms with Gasteiger partial charge in [-0.15, -0.1) is 0 Å². The lowest BCUT2D eigenvalue weighted by Gasteiger charge is -2.32. The van der Waals surface area contributed by atoms with Crippen molar-refractivity contribution in [2.75, 3.05) is 47.4 Å². The summed E-state index contributed by atoms with van der Waals surface area (Å²) in [4.78, 5) is 35.2. The Hall–Kier alpha value is -1.93. The van der Waals surface area contributed by atoms with E-state index in [0.717, 1.165) is 5.92 Å². The van der Waals surface area contributed by atoms with Crippen molar-refractivity contribution < 1.29 is 19.1 Å². The molecule has 8 nitrogen and oxygen atoms in total. The van der Waals surface area contributed by atoms with E-state index in [1.807, 2.05) is 13.8 Å². The Morgan fingerprint density at radius 3 is 1.88 bits per heavy atom. The van der Waals surface area contributed by atoms with E-state index in [9.17, 15) is 14.4 Å². The second-order valence-corrected chi connectivity index (χ2v) is 9.01. The Morgan fingerprint density at radius 2 is 1.53 bits per heavy atom. The van der Waals surface area contributed by atoms with Gasteiger partial charge in [-0.05, 0) is 38.5 Å². The first kappa shape index (κ1) is 32.3. The number of hydrazine groups is 1.